The monoisotopic (exact) mass is 402 g/mol. The zero-order valence-corrected chi connectivity index (χ0v) is 17.5. The quantitative estimate of drug-likeness (QED) is 0.725. The molecule has 0 radical (unpaired) electrons. The lowest BCUT2D eigenvalue weighted by molar-refractivity contribution is -0.142. The van der Waals surface area contributed by atoms with Gasteiger partial charge < -0.3 is 15.0 Å². The highest BCUT2D eigenvalue weighted by atomic mass is 35.5. The fourth-order valence-electron chi connectivity index (χ4n) is 2.75. The Morgan fingerprint density at radius 1 is 1.04 bits per heavy atom. The van der Waals surface area contributed by atoms with Crippen LogP contribution in [0.25, 0.3) is 0 Å². The molecule has 0 fully saturated rings. The van der Waals surface area contributed by atoms with Gasteiger partial charge in [0.15, 0.2) is 6.61 Å². The number of amides is 2. The molecule has 2 aromatic carbocycles. The highest BCUT2D eigenvalue weighted by Crippen LogP contribution is 2.19. The Morgan fingerprint density at radius 3 is 2.18 bits per heavy atom. The van der Waals surface area contributed by atoms with Crippen molar-refractivity contribution in [2.24, 2.45) is 0 Å². The lowest BCUT2D eigenvalue weighted by Gasteiger charge is -2.28. The van der Waals surface area contributed by atoms with Gasteiger partial charge in [0, 0.05) is 18.6 Å². The van der Waals surface area contributed by atoms with Gasteiger partial charge in [0.25, 0.3) is 5.91 Å². The minimum absolute atomic E-state index is 0.143. The highest BCUT2D eigenvalue weighted by molar-refractivity contribution is 6.30. The van der Waals surface area contributed by atoms with Gasteiger partial charge in [-0.2, -0.15) is 0 Å². The average Bonchev–Trinajstić information content (AvgIpc) is 2.70. The maximum atomic E-state index is 12.8. The maximum absolute atomic E-state index is 12.8. The van der Waals surface area contributed by atoms with Crippen LogP contribution in [0.1, 0.15) is 37.8 Å². The molecule has 6 heteroatoms. The first-order chi connectivity index (χ1) is 13.3. The number of hydrogen-bond acceptors (Lipinski definition) is 3. The number of carbonyl (C=O) groups excluding carboxylic acids is 2. The lowest BCUT2D eigenvalue weighted by Crippen LogP contribution is -2.48. The van der Waals surface area contributed by atoms with Crippen molar-refractivity contribution in [3.05, 3.63) is 64.7 Å². The Hall–Kier alpha value is -2.53. The van der Waals surface area contributed by atoms with Gasteiger partial charge in [-0.3, -0.25) is 9.59 Å². The zero-order chi connectivity index (χ0) is 20.7. The molecule has 0 aromatic heterocycles. The van der Waals surface area contributed by atoms with Gasteiger partial charge in [0.2, 0.25) is 5.91 Å². The molecule has 0 bridgehead atoms. The van der Waals surface area contributed by atoms with Crippen LogP contribution in [0.5, 0.6) is 5.75 Å². The van der Waals surface area contributed by atoms with Crippen molar-refractivity contribution in [3.63, 3.8) is 0 Å². The van der Waals surface area contributed by atoms with E-state index in [1.165, 1.54) is 10.5 Å². The number of likely N-dealkylation sites (N-methyl/N-ethyl adjacent to an activating group) is 1. The molecule has 0 aliphatic rings. The van der Waals surface area contributed by atoms with Gasteiger partial charge >= 0.3 is 0 Å². The van der Waals surface area contributed by atoms with Gasteiger partial charge in [-0.25, -0.2) is 0 Å². The summed E-state index contributed by atoms with van der Waals surface area (Å²) in [6.07, 6.45) is 0. The third-order valence-electron chi connectivity index (χ3n) is 4.59. The summed E-state index contributed by atoms with van der Waals surface area (Å²) < 4.78 is 5.66. The van der Waals surface area contributed by atoms with E-state index in [4.69, 9.17) is 16.3 Å². The minimum atomic E-state index is -0.625. The highest BCUT2D eigenvalue weighted by Gasteiger charge is 2.25. The number of nitrogens with zero attached hydrogens (tertiary/aromatic N) is 1. The van der Waals surface area contributed by atoms with Crippen LogP contribution in [0, 0.1) is 0 Å². The standard InChI is InChI=1S/C22H27ClN2O3/c1-15(2)18-7-11-20(12-8-18)28-14-21(26)25(16(3)22(27)24-4)13-17-5-9-19(23)10-6-17/h5-12,15-16H,13-14H2,1-4H3,(H,24,27)/t16-/m0/s1. The summed E-state index contributed by atoms with van der Waals surface area (Å²) in [5.41, 5.74) is 2.09. The second-order valence-electron chi connectivity index (χ2n) is 6.95. The topological polar surface area (TPSA) is 58.6 Å². The molecule has 1 atom stereocenters. The smallest absolute Gasteiger partial charge is 0.261 e. The van der Waals surface area contributed by atoms with Crippen LogP contribution in [0.15, 0.2) is 48.5 Å². The van der Waals surface area contributed by atoms with Gasteiger partial charge in [-0.1, -0.05) is 49.7 Å². The Balaban J connectivity index is 2.09. The molecule has 2 amide bonds. The van der Waals surface area contributed by atoms with Gasteiger partial charge in [0.1, 0.15) is 11.8 Å². The molecule has 2 rings (SSSR count). The molecule has 0 saturated carbocycles. The van der Waals surface area contributed by atoms with Crippen LogP contribution < -0.4 is 10.1 Å². The number of halogens is 1. The van der Waals surface area contributed by atoms with Crippen molar-refractivity contribution in [3.8, 4) is 5.75 Å². The van der Waals surface area contributed by atoms with E-state index in [9.17, 15) is 9.59 Å². The van der Waals surface area contributed by atoms with Gasteiger partial charge in [-0.15, -0.1) is 0 Å². The van der Waals surface area contributed by atoms with Crippen LogP contribution in [0.3, 0.4) is 0 Å². The molecule has 0 heterocycles. The van der Waals surface area contributed by atoms with Crippen molar-refractivity contribution in [1.82, 2.24) is 10.2 Å². The normalized spacial score (nSPS) is 11.8. The number of rotatable bonds is 8. The molecule has 28 heavy (non-hydrogen) atoms. The summed E-state index contributed by atoms with van der Waals surface area (Å²) in [7, 11) is 1.55. The number of ether oxygens (including phenoxy) is 1. The van der Waals surface area contributed by atoms with E-state index >= 15 is 0 Å². The van der Waals surface area contributed by atoms with Crippen LogP contribution in [0.2, 0.25) is 5.02 Å². The summed E-state index contributed by atoms with van der Waals surface area (Å²) in [6.45, 7) is 6.09. The van der Waals surface area contributed by atoms with Crippen LogP contribution in [-0.2, 0) is 16.1 Å². The molecule has 0 aliphatic heterocycles. The van der Waals surface area contributed by atoms with Crippen LogP contribution in [0.4, 0.5) is 0 Å². The van der Waals surface area contributed by atoms with Crippen LogP contribution in [-0.4, -0.2) is 36.4 Å². The summed E-state index contributed by atoms with van der Waals surface area (Å²) >= 11 is 5.93. The molecule has 0 unspecified atom stereocenters. The summed E-state index contributed by atoms with van der Waals surface area (Å²) in [5, 5.41) is 3.21. The number of benzene rings is 2. The number of nitrogens with one attached hydrogen (secondary N) is 1. The molecular weight excluding hydrogens is 376 g/mol. The number of carbonyl (C=O) groups is 2. The summed E-state index contributed by atoms with van der Waals surface area (Å²) in [6, 6.07) is 14.3. The third kappa shape index (κ3) is 5.99. The second-order valence-corrected chi connectivity index (χ2v) is 7.39. The predicted octanol–water partition coefficient (Wildman–Crippen LogP) is 4.01. The third-order valence-corrected chi connectivity index (χ3v) is 4.84. The molecule has 5 nitrogen and oxygen atoms in total. The largest absolute Gasteiger partial charge is 0.484 e. The van der Waals surface area contributed by atoms with E-state index < -0.39 is 6.04 Å². The second kappa shape index (κ2) is 10.1. The minimum Gasteiger partial charge on any atom is -0.484 e. The van der Waals surface area contributed by atoms with E-state index in [-0.39, 0.29) is 18.4 Å². The van der Waals surface area contributed by atoms with Gasteiger partial charge in [0.05, 0.1) is 0 Å². The predicted molar refractivity (Wildman–Crippen MR) is 112 cm³/mol. The van der Waals surface area contributed by atoms with Crippen molar-refractivity contribution >= 4 is 23.4 Å². The fraction of sp³-hybridized carbons (Fsp3) is 0.364. The molecule has 1 N–H and O–H groups in total. The Bertz CT molecular complexity index is 788. The molecule has 0 spiro atoms. The first-order valence-corrected chi connectivity index (χ1v) is 9.68. The molecule has 0 aliphatic carbocycles. The fourth-order valence-corrected chi connectivity index (χ4v) is 2.88. The molecule has 2 aromatic rings. The maximum Gasteiger partial charge on any atom is 0.261 e. The summed E-state index contributed by atoms with van der Waals surface area (Å²) in [5.74, 6) is 0.554. The van der Waals surface area contributed by atoms with Gasteiger partial charge in [-0.05, 0) is 48.2 Å². The first-order valence-electron chi connectivity index (χ1n) is 9.30. The van der Waals surface area contributed by atoms with E-state index in [1.54, 1.807) is 26.1 Å². The Morgan fingerprint density at radius 2 is 1.64 bits per heavy atom. The van der Waals surface area contributed by atoms with E-state index in [0.29, 0.717) is 23.2 Å². The molecule has 150 valence electrons. The van der Waals surface area contributed by atoms with Crippen molar-refractivity contribution in [2.45, 2.75) is 39.3 Å². The van der Waals surface area contributed by atoms with E-state index in [1.807, 2.05) is 36.4 Å². The molecule has 0 saturated heterocycles. The Kier molecular flexibility index (Phi) is 7.88. The van der Waals surface area contributed by atoms with Crippen molar-refractivity contribution in [1.29, 1.82) is 0 Å². The summed E-state index contributed by atoms with van der Waals surface area (Å²) in [4.78, 5) is 26.4. The van der Waals surface area contributed by atoms with Crippen molar-refractivity contribution < 1.29 is 14.3 Å². The van der Waals surface area contributed by atoms with Crippen LogP contribution >= 0.6 is 11.6 Å². The molecular formula is C22H27ClN2O3. The SMILES string of the molecule is CNC(=O)[C@H](C)N(Cc1ccc(Cl)cc1)C(=O)COc1ccc(C(C)C)cc1. The van der Waals surface area contributed by atoms with E-state index in [0.717, 1.165) is 5.56 Å². The van der Waals surface area contributed by atoms with Crippen molar-refractivity contribution in [2.75, 3.05) is 13.7 Å². The average molecular weight is 403 g/mol. The zero-order valence-electron chi connectivity index (χ0n) is 16.7. The first kappa shape index (κ1) is 21.8. The van der Waals surface area contributed by atoms with E-state index in [2.05, 4.69) is 19.2 Å². The lowest BCUT2D eigenvalue weighted by atomic mass is 10.0. The Labute approximate surface area is 171 Å². The number of hydrogen-bond donors (Lipinski definition) is 1.